The molecule has 1 atom stereocenters. The lowest BCUT2D eigenvalue weighted by atomic mass is 10.0. The van der Waals surface area contributed by atoms with Crippen LogP contribution in [0.15, 0.2) is 41.6 Å². The quantitative estimate of drug-likeness (QED) is 0.522. The zero-order valence-corrected chi connectivity index (χ0v) is 18.1. The summed E-state index contributed by atoms with van der Waals surface area (Å²) in [4.78, 5) is 2.27. The monoisotopic (exact) mass is 412 g/mol. The smallest absolute Gasteiger partial charge is 0.191 e. The van der Waals surface area contributed by atoms with E-state index in [1.54, 1.807) is 18.9 Å². The second kappa shape index (κ2) is 9.15. The minimum atomic E-state index is 0.263. The minimum absolute atomic E-state index is 0.263. The van der Waals surface area contributed by atoms with E-state index in [1.807, 2.05) is 6.26 Å². The third kappa shape index (κ3) is 4.42. The van der Waals surface area contributed by atoms with E-state index >= 15 is 0 Å². The molecular weight excluding hydrogens is 384 g/mol. The summed E-state index contributed by atoms with van der Waals surface area (Å²) in [5, 5.41) is 12.3. The summed E-state index contributed by atoms with van der Waals surface area (Å²) in [7, 11) is 3.85. The third-order valence-electron chi connectivity index (χ3n) is 5.44. The summed E-state index contributed by atoms with van der Waals surface area (Å²) in [5.41, 5.74) is 1.20. The number of rotatable bonds is 8. The fourth-order valence-corrected chi connectivity index (χ4v) is 4.52. The molecule has 4 rings (SSSR count). The fraction of sp³-hybridized carbons (Fsp3) is 0.455. The second-order valence-electron chi connectivity index (χ2n) is 7.49. The Morgan fingerprint density at radius 1 is 1.21 bits per heavy atom. The van der Waals surface area contributed by atoms with Crippen molar-refractivity contribution in [2.24, 2.45) is 0 Å². The molecule has 0 saturated carbocycles. The summed E-state index contributed by atoms with van der Waals surface area (Å²) in [6.07, 6.45) is 4.55. The molecule has 1 fully saturated rings. The van der Waals surface area contributed by atoms with Crippen molar-refractivity contribution in [1.82, 2.24) is 19.7 Å². The first kappa shape index (κ1) is 20.2. The van der Waals surface area contributed by atoms with E-state index in [0.29, 0.717) is 6.54 Å². The summed E-state index contributed by atoms with van der Waals surface area (Å²) in [6.45, 7) is 3.17. The predicted octanol–water partition coefficient (Wildman–Crippen LogP) is 3.97. The molecule has 3 aromatic rings. The average Bonchev–Trinajstić information content (AvgIpc) is 3.39. The molecular formula is C22H28N4O2S. The molecule has 0 amide bonds. The van der Waals surface area contributed by atoms with Gasteiger partial charge in [0.2, 0.25) is 0 Å². The lowest BCUT2D eigenvalue weighted by molar-refractivity contribution is 0.0934. The van der Waals surface area contributed by atoms with Crippen molar-refractivity contribution in [2.45, 2.75) is 43.7 Å². The van der Waals surface area contributed by atoms with Crippen LogP contribution >= 0.6 is 11.8 Å². The molecule has 0 aliphatic carbocycles. The SMILES string of the molecule is COc1ccc2ccccc2c1CN(C)Cc1nnc(SC)n1CC1CCCO1. The summed E-state index contributed by atoms with van der Waals surface area (Å²) in [5.74, 6) is 1.90. The molecule has 1 aliphatic rings. The van der Waals surface area contributed by atoms with Crippen LogP contribution < -0.4 is 4.74 Å². The highest BCUT2D eigenvalue weighted by Crippen LogP contribution is 2.29. The highest BCUT2D eigenvalue weighted by atomic mass is 32.2. The van der Waals surface area contributed by atoms with Crippen molar-refractivity contribution >= 4 is 22.5 Å². The van der Waals surface area contributed by atoms with E-state index < -0.39 is 0 Å². The molecule has 29 heavy (non-hydrogen) atoms. The van der Waals surface area contributed by atoms with Crippen LogP contribution in [0.25, 0.3) is 10.8 Å². The van der Waals surface area contributed by atoms with Crippen LogP contribution in [0.2, 0.25) is 0 Å². The Balaban J connectivity index is 1.55. The number of hydrogen-bond acceptors (Lipinski definition) is 6. The zero-order chi connectivity index (χ0) is 20.2. The topological polar surface area (TPSA) is 52.4 Å². The Hall–Kier alpha value is -2.09. The van der Waals surface area contributed by atoms with Crippen molar-refractivity contribution < 1.29 is 9.47 Å². The van der Waals surface area contributed by atoms with E-state index in [1.165, 1.54) is 16.3 Å². The first-order valence-corrected chi connectivity index (χ1v) is 11.2. The Kier molecular flexibility index (Phi) is 6.37. The summed E-state index contributed by atoms with van der Waals surface area (Å²) in [6, 6.07) is 12.6. The molecule has 154 valence electrons. The highest BCUT2D eigenvalue weighted by molar-refractivity contribution is 7.98. The summed E-state index contributed by atoms with van der Waals surface area (Å²) >= 11 is 1.63. The number of methoxy groups -OCH3 is 1. The number of hydrogen-bond donors (Lipinski definition) is 0. The highest BCUT2D eigenvalue weighted by Gasteiger charge is 2.21. The number of fused-ring (bicyclic) bond motifs is 1. The maximum absolute atomic E-state index is 5.84. The van der Waals surface area contributed by atoms with Crippen molar-refractivity contribution in [3.8, 4) is 5.75 Å². The Labute approximate surface area is 176 Å². The Morgan fingerprint density at radius 2 is 2.07 bits per heavy atom. The van der Waals surface area contributed by atoms with Gasteiger partial charge in [-0.3, -0.25) is 4.90 Å². The van der Waals surface area contributed by atoms with Crippen LogP contribution in [0.4, 0.5) is 0 Å². The van der Waals surface area contributed by atoms with Crippen molar-refractivity contribution in [1.29, 1.82) is 0 Å². The number of thioether (sulfide) groups is 1. The van der Waals surface area contributed by atoms with E-state index in [9.17, 15) is 0 Å². The van der Waals surface area contributed by atoms with Crippen LogP contribution in [0, 0.1) is 0 Å². The van der Waals surface area contributed by atoms with Gasteiger partial charge in [-0.05, 0) is 43.0 Å². The van der Waals surface area contributed by atoms with Crippen molar-refractivity contribution in [3.05, 3.63) is 47.8 Å². The largest absolute Gasteiger partial charge is 0.496 e. The first-order valence-electron chi connectivity index (χ1n) is 10.0. The number of nitrogens with zero attached hydrogens (tertiary/aromatic N) is 4. The van der Waals surface area contributed by atoms with Crippen LogP contribution in [0.3, 0.4) is 0 Å². The molecule has 6 nitrogen and oxygen atoms in total. The van der Waals surface area contributed by atoms with Crippen molar-refractivity contribution in [3.63, 3.8) is 0 Å². The molecule has 0 N–H and O–H groups in total. The molecule has 1 unspecified atom stereocenters. The molecule has 7 heteroatoms. The van der Waals surface area contributed by atoms with E-state index in [2.05, 4.69) is 63.1 Å². The van der Waals surface area contributed by atoms with Gasteiger partial charge in [0.1, 0.15) is 11.6 Å². The molecule has 1 aliphatic heterocycles. The van der Waals surface area contributed by atoms with Crippen molar-refractivity contribution in [2.75, 3.05) is 27.0 Å². The van der Waals surface area contributed by atoms with Gasteiger partial charge < -0.3 is 14.0 Å². The molecule has 0 spiro atoms. The van der Waals surface area contributed by atoms with Crippen LogP contribution in [-0.4, -0.2) is 52.8 Å². The standard InChI is InChI=1S/C22H28N4O2S/c1-25(14-19-18-9-5-4-7-16(18)10-11-20(19)27-2)15-21-23-24-22(29-3)26(21)13-17-8-6-12-28-17/h4-5,7,9-11,17H,6,8,12-15H2,1-3H3. The molecule has 2 heterocycles. The van der Waals surface area contributed by atoms with Gasteiger partial charge in [0.05, 0.1) is 26.3 Å². The number of aromatic nitrogens is 3. The number of ether oxygens (including phenoxy) is 2. The van der Waals surface area contributed by atoms with Gasteiger partial charge in [0.15, 0.2) is 5.16 Å². The lowest BCUT2D eigenvalue weighted by Gasteiger charge is -2.21. The van der Waals surface area contributed by atoms with Gasteiger partial charge in [-0.15, -0.1) is 10.2 Å². The average molecular weight is 413 g/mol. The minimum Gasteiger partial charge on any atom is -0.496 e. The van der Waals surface area contributed by atoms with Gasteiger partial charge in [0.25, 0.3) is 0 Å². The molecule has 1 aromatic heterocycles. The zero-order valence-electron chi connectivity index (χ0n) is 17.3. The van der Waals surface area contributed by atoms with Crippen LogP contribution in [0.1, 0.15) is 24.2 Å². The lowest BCUT2D eigenvalue weighted by Crippen LogP contribution is -2.23. The molecule has 1 saturated heterocycles. The van der Waals surface area contributed by atoms with E-state index in [4.69, 9.17) is 9.47 Å². The Morgan fingerprint density at radius 3 is 2.83 bits per heavy atom. The van der Waals surface area contributed by atoms with Crippen LogP contribution in [0.5, 0.6) is 5.75 Å². The van der Waals surface area contributed by atoms with Gasteiger partial charge in [-0.25, -0.2) is 0 Å². The normalized spacial score (nSPS) is 16.8. The maximum atomic E-state index is 5.84. The maximum Gasteiger partial charge on any atom is 0.191 e. The van der Waals surface area contributed by atoms with Gasteiger partial charge in [-0.2, -0.15) is 0 Å². The Bertz CT molecular complexity index is 969. The van der Waals surface area contributed by atoms with E-state index in [0.717, 1.165) is 49.3 Å². The fourth-order valence-electron chi connectivity index (χ4n) is 4.00. The number of benzene rings is 2. The van der Waals surface area contributed by atoms with E-state index in [-0.39, 0.29) is 6.10 Å². The predicted molar refractivity (Wildman–Crippen MR) is 116 cm³/mol. The van der Waals surface area contributed by atoms with Gasteiger partial charge >= 0.3 is 0 Å². The summed E-state index contributed by atoms with van der Waals surface area (Å²) < 4.78 is 13.7. The third-order valence-corrected chi connectivity index (χ3v) is 6.11. The molecule has 2 aromatic carbocycles. The first-order chi connectivity index (χ1) is 14.2. The second-order valence-corrected chi connectivity index (χ2v) is 8.26. The van der Waals surface area contributed by atoms with Crippen LogP contribution in [-0.2, 0) is 24.4 Å². The molecule has 0 bridgehead atoms. The van der Waals surface area contributed by atoms with Gasteiger partial charge in [-0.1, -0.05) is 42.1 Å². The van der Waals surface area contributed by atoms with Gasteiger partial charge in [0, 0.05) is 18.7 Å². The molecule has 0 radical (unpaired) electrons.